The van der Waals surface area contributed by atoms with Crippen molar-refractivity contribution in [2.75, 3.05) is 18.0 Å². The van der Waals surface area contributed by atoms with Gasteiger partial charge < -0.3 is 10.0 Å². The number of hydrogen-bond donors (Lipinski definition) is 2. The largest absolute Gasteiger partial charge is 0.391 e. The van der Waals surface area contributed by atoms with Crippen LogP contribution >= 0.6 is 0 Å². The lowest BCUT2D eigenvalue weighted by Crippen LogP contribution is -2.40. The number of nitrogens with one attached hydrogen (secondary N) is 1. The fourth-order valence-electron chi connectivity index (χ4n) is 2.72. The maximum absolute atomic E-state index is 12.4. The zero-order valence-electron chi connectivity index (χ0n) is 14.0. The van der Waals surface area contributed by atoms with Crippen LogP contribution in [0.3, 0.4) is 0 Å². The Kier molecular flexibility index (Phi) is 5.17. The molecule has 0 aromatic heterocycles. The van der Waals surface area contributed by atoms with Crippen LogP contribution in [0.2, 0.25) is 0 Å². The van der Waals surface area contributed by atoms with Crippen LogP contribution in [0.1, 0.15) is 33.6 Å². The fraction of sp³-hybridized carbons (Fsp3) is 0.600. The maximum atomic E-state index is 12.4. The number of hydrogen-bond acceptors (Lipinski definition) is 6. The van der Waals surface area contributed by atoms with E-state index in [0.29, 0.717) is 25.2 Å². The molecule has 1 aliphatic heterocycles. The molecule has 0 radical (unpaired) electrons. The van der Waals surface area contributed by atoms with Crippen molar-refractivity contribution in [2.24, 2.45) is 0 Å². The number of rotatable bonds is 4. The number of nitrogens with zero attached hydrogens (tertiary/aromatic N) is 2. The molecule has 2 rings (SSSR count). The smallest absolute Gasteiger partial charge is 0.293 e. The number of aliphatic hydroxyl groups is 1. The first kappa shape index (κ1) is 18.6. The van der Waals surface area contributed by atoms with Crippen LogP contribution in [0.15, 0.2) is 23.1 Å². The van der Waals surface area contributed by atoms with E-state index in [2.05, 4.69) is 4.72 Å². The summed E-state index contributed by atoms with van der Waals surface area (Å²) in [6.45, 7) is 5.98. The van der Waals surface area contributed by atoms with Gasteiger partial charge in [0.15, 0.2) is 0 Å². The summed E-state index contributed by atoms with van der Waals surface area (Å²) in [5.41, 5.74) is -0.641. The molecule has 1 heterocycles. The van der Waals surface area contributed by atoms with E-state index in [4.69, 9.17) is 0 Å². The molecule has 1 aromatic rings. The van der Waals surface area contributed by atoms with Gasteiger partial charge in [-0.2, -0.15) is 0 Å². The molecule has 1 aliphatic rings. The topological polar surface area (TPSA) is 113 Å². The molecule has 1 unspecified atom stereocenters. The van der Waals surface area contributed by atoms with E-state index < -0.39 is 26.6 Å². The van der Waals surface area contributed by atoms with E-state index in [-0.39, 0.29) is 10.6 Å². The average molecular weight is 357 g/mol. The van der Waals surface area contributed by atoms with Gasteiger partial charge in [-0.15, -0.1) is 0 Å². The predicted octanol–water partition coefficient (Wildman–Crippen LogP) is 1.63. The van der Waals surface area contributed by atoms with Crippen LogP contribution in [0.4, 0.5) is 11.4 Å². The molecule has 0 amide bonds. The average Bonchev–Trinajstić information content (AvgIpc) is 2.44. The number of nitro benzene ring substituents is 1. The number of benzene rings is 1. The lowest BCUT2D eigenvalue weighted by molar-refractivity contribution is -0.384. The molecular formula is C15H23N3O5S. The molecular weight excluding hydrogens is 334 g/mol. The molecule has 0 aliphatic carbocycles. The van der Waals surface area contributed by atoms with Crippen LogP contribution in [-0.2, 0) is 10.0 Å². The number of piperidine rings is 1. The van der Waals surface area contributed by atoms with Crippen molar-refractivity contribution < 1.29 is 18.4 Å². The highest BCUT2D eigenvalue weighted by atomic mass is 32.2. The van der Waals surface area contributed by atoms with Gasteiger partial charge >= 0.3 is 0 Å². The second-order valence-corrected chi connectivity index (χ2v) is 8.69. The zero-order valence-corrected chi connectivity index (χ0v) is 14.8. The van der Waals surface area contributed by atoms with Crippen molar-refractivity contribution >= 4 is 21.4 Å². The third kappa shape index (κ3) is 4.43. The van der Waals surface area contributed by atoms with Gasteiger partial charge in [-0.05, 0) is 45.7 Å². The lowest BCUT2D eigenvalue weighted by Gasteiger charge is -2.31. The van der Waals surface area contributed by atoms with Crippen molar-refractivity contribution in [1.29, 1.82) is 0 Å². The Morgan fingerprint density at radius 1 is 1.38 bits per heavy atom. The summed E-state index contributed by atoms with van der Waals surface area (Å²) < 4.78 is 27.2. The summed E-state index contributed by atoms with van der Waals surface area (Å²) in [5, 5.41) is 21.2. The molecule has 0 saturated carbocycles. The Morgan fingerprint density at radius 3 is 2.58 bits per heavy atom. The summed E-state index contributed by atoms with van der Waals surface area (Å²) in [6, 6.07) is 3.87. The molecule has 1 aromatic carbocycles. The Morgan fingerprint density at radius 2 is 2.04 bits per heavy atom. The summed E-state index contributed by atoms with van der Waals surface area (Å²) in [5.74, 6) is 0. The standard InChI is InChI=1S/C15H23N3O5S/c1-15(2,3)16-24(22,23)12-6-7-13(14(9-12)18(20)21)17-8-4-5-11(19)10-17/h6-7,9,11,16,19H,4-5,8,10H2,1-3H3. The monoisotopic (exact) mass is 357 g/mol. The van der Waals surface area contributed by atoms with Gasteiger partial charge in [-0.3, -0.25) is 10.1 Å². The molecule has 0 bridgehead atoms. The van der Waals surface area contributed by atoms with Crippen LogP contribution in [-0.4, -0.2) is 43.2 Å². The van der Waals surface area contributed by atoms with Gasteiger partial charge in [0, 0.05) is 24.7 Å². The van der Waals surface area contributed by atoms with Crippen molar-refractivity contribution in [1.82, 2.24) is 4.72 Å². The summed E-state index contributed by atoms with van der Waals surface area (Å²) >= 11 is 0. The molecule has 134 valence electrons. The van der Waals surface area contributed by atoms with Gasteiger partial charge in [0.25, 0.3) is 5.69 Å². The van der Waals surface area contributed by atoms with E-state index in [1.54, 1.807) is 25.7 Å². The number of β-amino-alcohol motifs (C(OH)–C–C–N with tert-alkyl or cyclic N) is 1. The number of aliphatic hydroxyl groups excluding tert-OH is 1. The second kappa shape index (κ2) is 6.66. The Hall–Kier alpha value is -1.71. The van der Waals surface area contributed by atoms with Crippen LogP contribution in [0.5, 0.6) is 0 Å². The first-order chi connectivity index (χ1) is 11.0. The first-order valence-electron chi connectivity index (χ1n) is 7.75. The molecule has 0 spiro atoms. The highest BCUT2D eigenvalue weighted by molar-refractivity contribution is 7.89. The van der Waals surface area contributed by atoms with Crippen molar-refractivity contribution in [2.45, 2.75) is 50.2 Å². The highest BCUT2D eigenvalue weighted by Gasteiger charge is 2.28. The van der Waals surface area contributed by atoms with E-state index in [0.717, 1.165) is 12.5 Å². The zero-order chi connectivity index (χ0) is 18.1. The Balaban J connectivity index is 2.42. The third-order valence-electron chi connectivity index (χ3n) is 3.63. The highest BCUT2D eigenvalue weighted by Crippen LogP contribution is 2.32. The van der Waals surface area contributed by atoms with Gasteiger partial charge in [0.1, 0.15) is 5.69 Å². The number of nitro groups is 1. The number of anilines is 1. The van der Waals surface area contributed by atoms with E-state index in [1.165, 1.54) is 12.1 Å². The predicted molar refractivity (Wildman–Crippen MR) is 90.6 cm³/mol. The van der Waals surface area contributed by atoms with Gasteiger partial charge in [-0.1, -0.05) is 0 Å². The van der Waals surface area contributed by atoms with Crippen LogP contribution < -0.4 is 9.62 Å². The van der Waals surface area contributed by atoms with E-state index >= 15 is 0 Å². The van der Waals surface area contributed by atoms with Gasteiger partial charge in [-0.25, -0.2) is 13.1 Å². The molecule has 1 saturated heterocycles. The SMILES string of the molecule is CC(C)(C)NS(=O)(=O)c1ccc(N2CCCC(O)C2)c([N+](=O)[O-])c1. The normalized spacial score (nSPS) is 19.3. The molecule has 1 fully saturated rings. The summed E-state index contributed by atoms with van der Waals surface area (Å²) in [7, 11) is -3.85. The molecule has 2 N–H and O–H groups in total. The third-order valence-corrected chi connectivity index (χ3v) is 5.39. The summed E-state index contributed by atoms with van der Waals surface area (Å²) in [6.07, 6.45) is 0.847. The maximum Gasteiger partial charge on any atom is 0.293 e. The van der Waals surface area contributed by atoms with E-state index in [9.17, 15) is 23.6 Å². The Labute approximate surface area is 141 Å². The van der Waals surface area contributed by atoms with Crippen LogP contribution in [0, 0.1) is 10.1 Å². The first-order valence-corrected chi connectivity index (χ1v) is 9.23. The molecule has 24 heavy (non-hydrogen) atoms. The lowest BCUT2D eigenvalue weighted by atomic mass is 10.1. The Bertz CT molecular complexity index is 727. The molecule has 9 heteroatoms. The van der Waals surface area contributed by atoms with Gasteiger partial charge in [0.2, 0.25) is 10.0 Å². The number of sulfonamides is 1. The fourth-order valence-corrected chi connectivity index (χ4v) is 4.16. The second-order valence-electron chi connectivity index (χ2n) is 7.01. The van der Waals surface area contributed by atoms with Crippen molar-refractivity contribution in [3.05, 3.63) is 28.3 Å². The van der Waals surface area contributed by atoms with Crippen molar-refractivity contribution in [3.8, 4) is 0 Å². The minimum absolute atomic E-state index is 0.148. The van der Waals surface area contributed by atoms with Crippen molar-refractivity contribution in [3.63, 3.8) is 0 Å². The minimum atomic E-state index is -3.85. The minimum Gasteiger partial charge on any atom is -0.391 e. The van der Waals surface area contributed by atoms with Crippen LogP contribution in [0.25, 0.3) is 0 Å². The van der Waals surface area contributed by atoms with Gasteiger partial charge in [0.05, 0.1) is 15.9 Å². The van der Waals surface area contributed by atoms with E-state index in [1.807, 2.05) is 0 Å². The quantitative estimate of drug-likeness (QED) is 0.625. The molecule has 8 nitrogen and oxygen atoms in total. The molecule has 1 atom stereocenters. The summed E-state index contributed by atoms with van der Waals surface area (Å²) in [4.78, 5) is 12.4.